The van der Waals surface area contributed by atoms with Crippen LogP contribution in [0, 0.1) is 0 Å². The van der Waals surface area contributed by atoms with E-state index < -0.39 is 6.10 Å². The minimum atomic E-state index is -0.965. The lowest BCUT2D eigenvalue weighted by molar-refractivity contribution is 0.204. The highest BCUT2D eigenvalue weighted by molar-refractivity contribution is 6.31. The van der Waals surface area contributed by atoms with Crippen LogP contribution < -0.4 is 0 Å². The van der Waals surface area contributed by atoms with Crippen molar-refractivity contribution in [1.82, 2.24) is 24.8 Å². The van der Waals surface area contributed by atoms with Gasteiger partial charge in [-0.2, -0.15) is 20.1 Å². The van der Waals surface area contributed by atoms with Crippen molar-refractivity contribution < 1.29 is 5.11 Å². The minimum Gasteiger partial charge on any atom is -0.380 e. The standard InChI is InChI=1S/C13H12ClN5O/c1-18-12(10(14)7-15-18)13(20)11-8-16-19(17-11)9-5-3-2-4-6-9/h2-8,13,20H,1H3. The van der Waals surface area contributed by atoms with E-state index in [1.807, 2.05) is 30.3 Å². The second kappa shape index (κ2) is 5.07. The Labute approximate surface area is 120 Å². The lowest BCUT2D eigenvalue weighted by Crippen LogP contribution is -2.08. The topological polar surface area (TPSA) is 68.8 Å². The van der Waals surface area contributed by atoms with E-state index in [4.69, 9.17) is 11.6 Å². The molecule has 1 unspecified atom stereocenters. The molecule has 20 heavy (non-hydrogen) atoms. The Hall–Kier alpha value is -2.18. The summed E-state index contributed by atoms with van der Waals surface area (Å²) >= 11 is 6.02. The molecule has 7 heteroatoms. The number of para-hydroxylation sites is 1. The summed E-state index contributed by atoms with van der Waals surface area (Å²) in [6, 6.07) is 9.47. The lowest BCUT2D eigenvalue weighted by atomic mass is 10.2. The molecule has 1 N–H and O–H groups in total. The summed E-state index contributed by atoms with van der Waals surface area (Å²) in [7, 11) is 1.71. The Morgan fingerprint density at radius 1 is 1.15 bits per heavy atom. The largest absolute Gasteiger partial charge is 0.380 e. The molecule has 0 aliphatic heterocycles. The van der Waals surface area contributed by atoms with Gasteiger partial charge in [0.1, 0.15) is 11.8 Å². The van der Waals surface area contributed by atoms with Crippen molar-refractivity contribution in [2.24, 2.45) is 7.05 Å². The highest BCUT2D eigenvalue weighted by Crippen LogP contribution is 2.26. The predicted molar refractivity (Wildman–Crippen MR) is 73.6 cm³/mol. The van der Waals surface area contributed by atoms with Crippen LogP contribution in [0.2, 0.25) is 5.02 Å². The number of halogens is 1. The fraction of sp³-hybridized carbons (Fsp3) is 0.154. The van der Waals surface area contributed by atoms with E-state index in [0.29, 0.717) is 16.4 Å². The summed E-state index contributed by atoms with van der Waals surface area (Å²) in [4.78, 5) is 1.46. The van der Waals surface area contributed by atoms with Crippen LogP contribution in [0.4, 0.5) is 0 Å². The van der Waals surface area contributed by atoms with E-state index in [9.17, 15) is 5.11 Å². The molecule has 0 saturated carbocycles. The van der Waals surface area contributed by atoms with Crippen LogP contribution in [0.1, 0.15) is 17.5 Å². The maximum Gasteiger partial charge on any atom is 0.142 e. The van der Waals surface area contributed by atoms with Crippen molar-refractivity contribution in [3.05, 3.63) is 59.1 Å². The summed E-state index contributed by atoms with van der Waals surface area (Å²) in [5.74, 6) is 0. The van der Waals surface area contributed by atoms with Gasteiger partial charge in [-0.1, -0.05) is 29.8 Å². The Morgan fingerprint density at radius 3 is 2.55 bits per heavy atom. The molecule has 1 atom stereocenters. The van der Waals surface area contributed by atoms with Crippen LogP contribution in [-0.4, -0.2) is 29.9 Å². The fourth-order valence-corrected chi connectivity index (χ4v) is 2.22. The molecule has 3 aromatic rings. The maximum absolute atomic E-state index is 10.3. The van der Waals surface area contributed by atoms with Crippen LogP contribution in [0.25, 0.3) is 5.69 Å². The average Bonchev–Trinajstić information content (AvgIpc) is 3.07. The van der Waals surface area contributed by atoms with Crippen LogP contribution in [0.3, 0.4) is 0 Å². The first-order valence-corrected chi connectivity index (χ1v) is 6.37. The third-order valence-electron chi connectivity index (χ3n) is 2.97. The zero-order valence-corrected chi connectivity index (χ0v) is 11.4. The molecule has 0 amide bonds. The third-order valence-corrected chi connectivity index (χ3v) is 3.26. The van der Waals surface area contributed by atoms with Crippen molar-refractivity contribution in [2.75, 3.05) is 0 Å². The Balaban J connectivity index is 1.95. The van der Waals surface area contributed by atoms with Gasteiger partial charge in [0.25, 0.3) is 0 Å². The molecule has 0 bridgehead atoms. The van der Waals surface area contributed by atoms with Gasteiger partial charge in [-0.05, 0) is 12.1 Å². The highest BCUT2D eigenvalue weighted by Gasteiger charge is 2.21. The summed E-state index contributed by atoms with van der Waals surface area (Å²) in [6.45, 7) is 0. The number of nitrogens with zero attached hydrogens (tertiary/aromatic N) is 5. The van der Waals surface area contributed by atoms with Gasteiger partial charge in [0.05, 0.1) is 28.8 Å². The molecule has 0 spiro atoms. The normalized spacial score (nSPS) is 12.6. The number of hydrogen-bond acceptors (Lipinski definition) is 4. The molecular weight excluding hydrogens is 278 g/mol. The van der Waals surface area contributed by atoms with Gasteiger partial charge in [-0.15, -0.1) is 0 Å². The molecule has 0 saturated heterocycles. The molecular formula is C13H12ClN5O. The van der Waals surface area contributed by atoms with Gasteiger partial charge >= 0.3 is 0 Å². The fourth-order valence-electron chi connectivity index (χ4n) is 1.95. The van der Waals surface area contributed by atoms with Crippen LogP contribution in [0.5, 0.6) is 0 Å². The summed E-state index contributed by atoms with van der Waals surface area (Å²) in [5, 5.41) is 23.2. The van der Waals surface area contributed by atoms with Gasteiger partial charge in [-0.25, -0.2) is 0 Å². The number of benzene rings is 1. The van der Waals surface area contributed by atoms with Crippen molar-refractivity contribution in [3.8, 4) is 5.69 Å². The smallest absolute Gasteiger partial charge is 0.142 e. The van der Waals surface area contributed by atoms with E-state index in [2.05, 4.69) is 15.3 Å². The molecule has 0 aliphatic carbocycles. The first-order chi connectivity index (χ1) is 9.66. The zero-order chi connectivity index (χ0) is 14.1. The Bertz CT molecular complexity index is 702. The minimum absolute atomic E-state index is 0.397. The van der Waals surface area contributed by atoms with E-state index in [0.717, 1.165) is 5.69 Å². The van der Waals surface area contributed by atoms with Gasteiger partial charge in [0.2, 0.25) is 0 Å². The first kappa shape index (κ1) is 12.8. The van der Waals surface area contributed by atoms with Gasteiger partial charge in [-0.3, -0.25) is 4.68 Å². The Kier molecular flexibility index (Phi) is 3.25. The molecule has 2 heterocycles. The molecule has 3 rings (SSSR count). The summed E-state index contributed by atoms with van der Waals surface area (Å²) in [6.07, 6.45) is 2.04. The number of aliphatic hydroxyl groups excluding tert-OH is 1. The van der Waals surface area contributed by atoms with Gasteiger partial charge in [0, 0.05) is 7.05 Å². The number of aryl methyl sites for hydroxylation is 1. The zero-order valence-electron chi connectivity index (χ0n) is 10.7. The summed E-state index contributed by atoms with van der Waals surface area (Å²) < 4.78 is 1.52. The molecule has 0 fully saturated rings. The van der Waals surface area contributed by atoms with E-state index in [1.54, 1.807) is 7.05 Å². The lowest BCUT2D eigenvalue weighted by Gasteiger charge is -2.08. The number of aliphatic hydroxyl groups is 1. The number of rotatable bonds is 3. The SMILES string of the molecule is Cn1ncc(Cl)c1C(O)c1cnn(-c2ccccc2)n1. The molecule has 0 radical (unpaired) electrons. The van der Waals surface area contributed by atoms with Crippen molar-refractivity contribution in [3.63, 3.8) is 0 Å². The van der Waals surface area contributed by atoms with Crippen LogP contribution in [-0.2, 0) is 7.05 Å². The second-order valence-electron chi connectivity index (χ2n) is 4.30. The molecule has 0 aliphatic rings. The third kappa shape index (κ3) is 2.19. The molecule has 1 aromatic carbocycles. The van der Waals surface area contributed by atoms with Crippen molar-refractivity contribution >= 4 is 11.6 Å². The van der Waals surface area contributed by atoms with Crippen LogP contribution in [0.15, 0.2) is 42.7 Å². The second-order valence-corrected chi connectivity index (χ2v) is 4.71. The monoisotopic (exact) mass is 289 g/mol. The predicted octanol–water partition coefficient (Wildman–Crippen LogP) is 1.74. The molecule has 2 aromatic heterocycles. The molecule has 6 nitrogen and oxygen atoms in total. The quantitative estimate of drug-likeness (QED) is 0.797. The van der Waals surface area contributed by atoms with Gasteiger partial charge < -0.3 is 5.11 Å². The van der Waals surface area contributed by atoms with E-state index in [1.165, 1.54) is 21.9 Å². The van der Waals surface area contributed by atoms with E-state index >= 15 is 0 Å². The average molecular weight is 290 g/mol. The summed E-state index contributed by atoms with van der Waals surface area (Å²) in [5.41, 5.74) is 1.73. The first-order valence-electron chi connectivity index (χ1n) is 6.00. The molecule has 102 valence electrons. The number of aromatic nitrogens is 5. The van der Waals surface area contributed by atoms with Crippen molar-refractivity contribution in [1.29, 1.82) is 0 Å². The van der Waals surface area contributed by atoms with Crippen molar-refractivity contribution in [2.45, 2.75) is 6.10 Å². The van der Waals surface area contributed by atoms with Gasteiger partial charge in [0.15, 0.2) is 0 Å². The highest BCUT2D eigenvalue weighted by atomic mass is 35.5. The Morgan fingerprint density at radius 2 is 1.90 bits per heavy atom. The van der Waals surface area contributed by atoms with Crippen LogP contribution >= 0.6 is 11.6 Å². The maximum atomic E-state index is 10.3. The van der Waals surface area contributed by atoms with E-state index in [-0.39, 0.29) is 0 Å². The number of hydrogen-bond donors (Lipinski definition) is 1.